The van der Waals surface area contributed by atoms with Crippen LogP contribution in [0, 0.1) is 0 Å². The number of aryl methyl sites for hydroxylation is 1. The highest BCUT2D eigenvalue weighted by molar-refractivity contribution is 5.94. The van der Waals surface area contributed by atoms with Gasteiger partial charge in [0.2, 0.25) is 5.91 Å². The summed E-state index contributed by atoms with van der Waals surface area (Å²) in [6, 6.07) is 17.7. The summed E-state index contributed by atoms with van der Waals surface area (Å²) in [7, 11) is 0. The van der Waals surface area contributed by atoms with Gasteiger partial charge in [0.25, 0.3) is 5.91 Å². The smallest absolute Gasteiger partial charge is 0.253 e. The average molecular weight is 365 g/mol. The minimum Gasteiger partial charge on any atom is -0.339 e. The Kier molecular flexibility index (Phi) is 6.60. The van der Waals surface area contributed by atoms with Crippen molar-refractivity contribution in [2.24, 2.45) is 5.73 Å². The van der Waals surface area contributed by atoms with E-state index < -0.39 is 0 Å². The normalized spacial score (nSPS) is 14.3. The molecule has 0 bridgehead atoms. The topological polar surface area (TPSA) is 66.6 Å². The Morgan fingerprint density at radius 1 is 0.815 bits per heavy atom. The first-order valence-electron chi connectivity index (χ1n) is 9.57. The van der Waals surface area contributed by atoms with Crippen molar-refractivity contribution in [1.29, 1.82) is 0 Å². The number of rotatable bonds is 6. The second-order valence-corrected chi connectivity index (χ2v) is 6.91. The SMILES string of the molecule is NCc1ccc(C(=O)N2CCN(C(=O)CCCc3ccccc3)CC2)cc1. The lowest BCUT2D eigenvalue weighted by atomic mass is 10.1. The van der Waals surface area contributed by atoms with Gasteiger partial charge in [-0.15, -0.1) is 0 Å². The Labute approximate surface area is 160 Å². The zero-order chi connectivity index (χ0) is 19.1. The van der Waals surface area contributed by atoms with E-state index in [9.17, 15) is 9.59 Å². The largest absolute Gasteiger partial charge is 0.339 e. The fourth-order valence-electron chi connectivity index (χ4n) is 3.37. The third-order valence-corrected chi connectivity index (χ3v) is 5.06. The van der Waals surface area contributed by atoms with Crippen molar-refractivity contribution in [3.05, 3.63) is 71.3 Å². The van der Waals surface area contributed by atoms with Gasteiger partial charge in [-0.2, -0.15) is 0 Å². The standard InChI is InChI=1S/C22H27N3O2/c23-17-19-9-11-20(12-10-19)22(27)25-15-13-24(14-16-25)21(26)8-4-7-18-5-2-1-3-6-18/h1-3,5-6,9-12H,4,7-8,13-17,23H2. The minimum absolute atomic E-state index is 0.0229. The van der Waals surface area contributed by atoms with Crippen LogP contribution in [0.15, 0.2) is 54.6 Å². The van der Waals surface area contributed by atoms with Gasteiger partial charge in [0, 0.05) is 44.7 Å². The number of hydrogen-bond donors (Lipinski definition) is 1. The molecule has 0 saturated carbocycles. The second-order valence-electron chi connectivity index (χ2n) is 6.91. The van der Waals surface area contributed by atoms with Crippen molar-refractivity contribution in [3.63, 3.8) is 0 Å². The molecule has 2 N–H and O–H groups in total. The zero-order valence-corrected chi connectivity index (χ0v) is 15.6. The van der Waals surface area contributed by atoms with Crippen LogP contribution in [0.5, 0.6) is 0 Å². The van der Waals surface area contributed by atoms with Gasteiger partial charge in [-0.1, -0.05) is 42.5 Å². The highest BCUT2D eigenvalue weighted by Crippen LogP contribution is 2.12. The molecular formula is C22H27N3O2. The van der Waals surface area contributed by atoms with E-state index in [0.29, 0.717) is 44.7 Å². The van der Waals surface area contributed by atoms with Crippen LogP contribution < -0.4 is 5.73 Å². The Hall–Kier alpha value is -2.66. The van der Waals surface area contributed by atoms with Crippen molar-refractivity contribution >= 4 is 11.8 Å². The summed E-state index contributed by atoms with van der Waals surface area (Å²) in [5.74, 6) is 0.208. The summed E-state index contributed by atoms with van der Waals surface area (Å²) in [6.07, 6.45) is 2.34. The summed E-state index contributed by atoms with van der Waals surface area (Å²) in [6.45, 7) is 2.86. The van der Waals surface area contributed by atoms with E-state index in [1.807, 2.05) is 52.3 Å². The maximum absolute atomic E-state index is 12.6. The van der Waals surface area contributed by atoms with Crippen LogP contribution in [0.4, 0.5) is 0 Å². The zero-order valence-electron chi connectivity index (χ0n) is 15.6. The molecule has 1 saturated heterocycles. The molecule has 2 aromatic rings. The van der Waals surface area contributed by atoms with Crippen molar-refractivity contribution in [1.82, 2.24) is 9.80 Å². The van der Waals surface area contributed by atoms with Gasteiger partial charge in [-0.3, -0.25) is 9.59 Å². The average Bonchev–Trinajstić information content (AvgIpc) is 2.74. The molecule has 0 spiro atoms. The molecule has 0 unspecified atom stereocenters. The predicted octanol–water partition coefficient (Wildman–Crippen LogP) is 2.45. The van der Waals surface area contributed by atoms with Gasteiger partial charge >= 0.3 is 0 Å². The van der Waals surface area contributed by atoms with Crippen LogP contribution >= 0.6 is 0 Å². The Morgan fingerprint density at radius 3 is 2.07 bits per heavy atom. The Balaban J connectivity index is 1.43. The first kappa shape index (κ1) is 19.1. The molecule has 0 aliphatic carbocycles. The van der Waals surface area contributed by atoms with Crippen LogP contribution in [-0.2, 0) is 17.8 Å². The van der Waals surface area contributed by atoms with E-state index in [4.69, 9.17) is 5.73 Å². The Bertz CT molecular complexity index is 751. The van der Waals surface area contributed by atoms with E-state index >= 15 is 0 Å². The van der Waals surface area contributed by atoms with Gasteiger partial charge in [-0.25, -0.2) is 0 Å². The van der Waals surface area contributed by atoms with Crippen molar-refractivity contribution in [3.8, 4) is 0 Å². The number of nitrogens with two attached hydrogens (primary N) is 1. The fraction of sp³-hybridized carbons (Fsp3) is 0.364. The van der Waals surface area contributed by atoms with E-state index in [1.54, 1.807) is 0 Å². The quantitative estimate of drug-likeness (QED) is 0.855. The second kappa shape index (κ2) is 9.33. The van der Waals surface area contributed by atoms with Crippen LogP contribution in [0.25, 0.3) is 0 Å². The molecule has 0 aromatic heterocycles. The lowest BCUT2D eigenvalue weighted by Crippen LogP contribution is -2.50. The van der Waals surface area contributed by atoms with Crippen LogP contribution in [0.3, 0.4) is 0 Å². The number of amides is 2. The molecular weight excluding hydrogens is 338 g/mol. The summed E-state index contributed by atoms with van der Waals surface area (Å²) in [5, 5.41) is 0. The highest BCUT2D eigenvalue weighted by atomic mass is 16.2. The molecule has 5 nitrogen and oxygen atoms in total. The predicted molar refractivity (Wildman–Crippen MR) is 106 cm³/mol. The molecule has 2 amide bonds. The molecule has 0 radical (unpaired) electrons. The first-order valence-corrected chi connectivity index (χ1v) is 9.57. The molecule has 1 aliphatic rings. The summed E-state index contributed by atoms with van der Waals surface area (Å²) < 4.78 is 0. The highest BCUT2D eigenvalue weighted by Gasteiger charge is 2.24. The molecule has 1 fully saturated rings. The van der Waals surface area contributed by atoms with Crippen molar-refractivity contribution in [2.45, 2.75) is 25.8 Å². The lowest BCUT2D eigenvalue weighted by Gasteiger charge is -2.35. The van der Waals surface area contributed by atoms with Crippen molar-refractivity contribution < 1.29 is 9.59 Å². The lowest BCUT2D eigenvalue weighted by molar-refractivity contribution is -0.132. The van der Waals surface area contributed by atoms with Gasteiger partial charge in [-0.05, 0) is 36.1 Å². The number of nitrogens with zero attached hydrogens (tertiary/aromatic N) is 2. The molecule has 3 rings (SSSR count). The Morgan fingerprint density at radius 2 is 1.44 bits per heavy atom. The van der Waals surface area contributed by atoms with Crippen LogP contribution in [0.2, 0.25) is 0 Å². The van der Waals surface area contributed by atoms with E-state index in [2.05, 4.69) is 12.1 Å². The number of carbonyl (C=O) groups is 2. The van der Waals surface area contributed by atoms with E-state index in [1.165, 1.54) is 5.56 Å². The summed E-state index contributed by atoms with van der Waals surface area (Å²) >= 11 is 0. The van der Waals surface area contributed by atoms with Gasteiger partial charge in [0.05, 0.1) is 0 Å². The third kappa shape index (κ3) is 5.17. The fourth-order valence-corrected chi connectivity index (χ4v) is 3.37. The minimum atomic E-state index is 0.0229. The van der Waals surface area contributed by atoms with Crippen LogP contribution in [0.1, 0.15) is 34.3 Å². The number of hydrogen-bond acceptors (Lipinski definition) is 3. The maximum Gasteiger partial charge on any atom is 0.253 e. The molecule has 1 aliphatic heterocycles. The van der Waals surface area contributed by atoms with Gasteiger partial charge in [0.15, 0.2) is 0 Å². The number of benzene rings is 2. The van der Waals surface area contributed by atoms with Gasteiger partial charge in [0.1, 0.15) is 0 Å². The monoisotopic (exact) mass is 365 g/mol. The van der Waals surface area contributed by atoms with E-state index in [-0.39, 0.29) is 11.8 Å². The maximum atomic E-state index is 12.6. The molecule has 1 heterocycles. The van der Waals surface area contributed by atoms with Crippen LogP contribution in [-0.4, -0.2) is 47.8 Å². The summed E-state index contributed by atoms with van der Waals surface area (Å²) in [5.41, 5.74) is 8.55. The number of carbonyl (C=O) groups excluding carboxylic acids is 2. The van der Waals surface area contributed by atoms with Gasteiger partial charge < -0.3 is 15.5 Å². The number of piperazine rings is 1. The third-order valence-electron chi connectivity index (χ3n) is 5.06. The molecule has 0 atom stereocenters. The molecule has 2 aromatic carbocycles. The molecule has 5 heteroatoms. The summed E-state index contributed by atoms with van der Waals surface area (Å²) in [4.78, 5) is 28.7. The first-order chi connectivity index (χ1) is 13.2. The van der Waals surface area contributed by atoms with E-state index in [0.717, 1.165) is 18.4 Å². The van der Waals surface area contributed by atoms with Crippen molar-refractivity contribution in [2.75, 3.05) is 26.2 Å². The molecule has 27 heavy (non-hydrogen) atoms. The molecule has 142 valence electrons.